The van der Waals surface area contributed by atoms with E-state index in [9.17, 15) is 9.90 Å². The SMILES string of the molecule is Cc1cc(C)cc(NC2(C(=O)O)CCN(Cc3ccccc3)CC2)c1. The fourth-order valence-corrected chi connectivity index (χ4v) is 3.65. The van der Waals surface area contributed by atoms with E-state index in [4.69, 9.17) is 0 Å². The lowest BCUT2D eigenvalue weighted by atomic mass is 9.86. The van der Waals surface area contributed by atoms with Crippen molar-refractivity contribution in [1.29, 1.82) is 0 Å². The molecule has 0 atom stereocenters. The third-order valence-electron chi connectivity index (χ3n) is 4.97. The van der Waals surface area contributed by atoms with Gasteiger partial charge < -0.3 is 10.4 Å². The number of hydrogen-bond donors (Lipinski definition) is 2. The molecule has 25 heavy (non-hydrogen) atoms. The van der Waals surface area contributed by atoms with Gasteiger partial charge in [0.05, 0.1) is 0 Å². The van der Waals surface area contributed by atoms with Gasteiger partial charge in [0, 0.05) is 25.3 Å². The van der Waals surface area contributed by atoms with E-state index in [0.29, 0.717) is 12.8 Å². The van der Waals surface area contributed by atoms with Crippen LogP contribution in [0.5, 0.6) is 0 Å². The third-order valence-corrected chi connectivity index (χ3v) is 4.97. The number of carbonyl (C=O) groups is 1. The van der Waals surface area contributed by atoms with E-state index in [1.54, 1.807) is 0 Å². The van der Waals surface area contributed by atoms with Gasteiger partial charge in [0.2, 0.25) is 0 Å². The lowest BCUT2D eigenvalue weighted by Gasteiger charge is -2.40. The molecular weight excluding hydrogens is 312 g/mol. The van der Waals surface area contributed by atoms with Crippen LogP contribution in [-0.4, -0.2) is 34.6 Å². The van der Waals surface area contributed by atoms with Gasteiger partial charge in [-0.15, -0.1) is 0 Å². The number of rotatable bonds is 5. The van der Waals surface area contributed by atoms with Crippen molar-refractivity contribution < 1.29 is 9.90 Å². The monoisotopic (exact) mass is 338 g/mol. The molecule has 4 nitrogen and oxygen atoms in total. The van der Waals surface area contributed by atoms with E-state index in [2.05, 4.69) is 28.4 Å². The van der Waals surface area contributed by atoms with Gasteiger partial charge in [-0.1, -0.05) is 36.4 Å². The number of benzene rings is 2. The van der Waals surface area contributed by atoms with Crippen LogP contribution in [0.15, 0.2) is 48.5 Å². The Labute approximate surface area is 149 Å². The maximum atomic E-state index is 12.0. The number of carboxylic acid groups (broad SMARTS) is 1. The third kappa shape index (κ3) is 4.20. The molecule has 0 bridgehead atoms. The first-order valence-corrected chi connectivity index (χ1v) is 8.83. The maximum Gasteiger partial charge on any atom is 0.329 e. The molecule has 4 heteroatoms. The molecule has 0 aromatic heterocycles. The van der Waals surface area contributed by atoms with Crippen molar-refractivity contribution in [1.82, 2.24) is 4.90 Å². The molecule has 0 spiro atoms. The first-order chi connectivity index (χ1) is 12.0. The van der Waals surface area contributed by atoms with Gasteiger partial charge in [-0.2, -0.15) is 0 Å². The van der Waals surface area contributed by atoms with Gasteiger partial charge >= 0.3 is 5.97 Å². The Balaban J connectivity index is 1.69. The molecule has 1 aliphatic heterocycles. The molecule has 132 valence electrons. The number of anilines is 1. The second-order valence-electron chi connectivity index (χ2n) is 7.15. The largest absolute Gasteiger partial charge is 0.480 e. The number of nitrogens with one attached hydrogen (secondary N) is 1. The molecule has 2 N–H and O–H groups in total. The second-order valence-corrected chi connectivity index (χ2v) is 7.15. The molecule has 0 aliphatic carbocycles. The van der Waals surface area contributed by atoms with Crippen LogP contribution >= 0.6 is 0 Å². The fourth-order valence-electron chi connectivity index (χ4n) is 3.65. The topological polar surface area (TPSA) is 52.6 Å². The first-order valence-electron chi connectivity index (χ1n) is 8.83. The van der Waals surface area contributed by atoms with Gasteiger partial charge in [-0.3, -0.25) is 4.90 Å². The lowest BCUT2D eigenvalue weighted by Crippen LogP contribution is -2.54. The summed E-state index contributed by atoms with van der Waals surface area (Å²) < 4.78 is 0. The summed E-state index contributed by atoms with van der Waals surface area (Å²) in [5.74, 6) is -0.758. The standard InChI is InChI=1S/C21H26N2O2/c1-16-12-17(2)14-19(13-16)22-21(20(24)25)8-10-23(11-9-21)15-18-6-4-3-5-7-18/h3-7,12-14,22H,8-11,15H2,1-2H3,(H,24,25). The Kier molecular flexibility index (Phi) is 5.09. The zero-order valence-corrected chi connectivity index (χ0v) is 15.0. The Bertz CT molecular complexity index is 715. The summed E-state index contributed by atoms with van der Waals surface area (Å²) in [6.45, 7) is 6.50. The highest BCUT2D eigenvalue weighted by Gasteiger charge is 2.41. The minimum Gasteiger partial charge on any atom is -0.480 e. The number of aliphatic carboxylic acids is 1. The van der Waals surface area contributed by atoms with Crippen LogP contribution in [0, 0.1) is 13.8 Å². The smallest absolute Gasteiger partial charge is 0.329 e. The van der Waals surface area contributed by atoms with E-state index in [1.807, 2.05) is 44.2 Å². The predicted molar refractivity (Wildman–Crippen MR) is 101 cm³/mol. The van der Waals surface area contributed by atoms with Gasteiger partial charge in [0.1, 0.15) is 5.54 Å². The molecule has 2 aromatic carbocycles. The van der Waals surface area contributed by atoms with Crippen LogP contribution in [0.1, 0.15) is 29.5 Å². The summed E-state index contributed by atoms with van der Waals surface area (Å²) in [7, 11) is 0. The summed E-state index contributed by atoms with van der Waals surface area (Å²) in [6, 6.07) is 16.5. The van der Waals surface area contributed by atoms with E-state index < -0.39 is 11.5 Å². The second kappa shape index (κ2) is 7.28. The molecule has 1 heterocycles. The van der Waals surface area contributed by atoms with Crippen LogP contribution in [0.4, 0.5) is 5.69 Å². The van der Waals surface area contributed by atoms with Crippen molar-refractivity contribution in [2.24, 2.45) is 0 Å². The van der Waals surface area contributed by atoms with Gasteiger partial charge in [-0.25, -0.2) is 4.79 Å². The molecule has 0 amide bonds. The van der Waals surface area contributed by atoms with Crippen molar-refractivity contribution >= 4 is 11.7 Å². The molecule has 1 saturated heterocycles. The van der Waals surface area contributed by atoms with Crippen LogP contribution in [0.3, 0.4) is 0 Å². The number of nitrogens with zero attached hydrogens (tertiary/aromatic N) is 1. The number of piperidine rings is 1. The van der Waals surface area contributed by atoms with Crippen molar-refractivity contribution in [3.63, 3.8) is 0 Å². The zero-order chi connectivity index (χ0) is 17.9. The highest BCUT2D eigenvalue weighted by atomic mass is 16.4. The van der Waals surface area contributed by atoms with Crippen LogP contribution in [0.2, 0.25) is 0 Å². The summed E-state index contributed by atoms with van der Waals surface area (Å²) in [6.07, 6.45) is 1.20. The average molecular weight is 338 g/mol. The Morgan fingerprint density at radius 1 is 1.08 bits per heavy atom. The number of aryl methyl sites for hydroxylation is 2. The van der Waals surface area contributed by atoms with Crippen LogP contribution < -0.4 is 5.32 Å². The molecular formula is C21H26N2O2. The molecule has 1 fully saturated rings. The minimum absolute atomic E-state index is 0.599. The minimum atomic E-state index is -0.882. The quantitative estimate of drug-likeness (QED) is 0.870. The normalized spacial score (nSPS) is 17.2. The number of hydrogen-bond acceptors (Lipinski definition) is 3. The zero-order valence-electron chi connectivity index (χ0n) is 15.0. The first kappa shape index (κ1) is 17.5. The Hall–Kier alpha value is -2.33. The van der Waals surface area contributed by atoms with E-state index in [-0.39, 0.29) is 0 Å². The molecule has 2 aromatic rings. The molecule has 1 aliphatic rings. The molecule has 0 saturated carbocycles. The Morgan fingerprint density at radius 2 is 1.68 bits per heavy atom. The van der Waals surface area contributed by atoms with Crippen molar-refractivity contribution in [3.05, 3.63) is 65.2 Å². The van der Waals surface area contributed by atoms with Crippen molar-refractivity contribution in [2.75, 3.05) is 18.4 Å². The van der Waals surface area contributed by atoms with Crippen LogP contribution in [0.25, 0.3) is 0 Å². The number of carboxylic acids is 1. The van der Waals surface area contributed by atoms with Gasteiger partial charge in [0.15, 0.2) is 0 Å². The predicted octanol–water partition coefficient (Wildman–Crippen LogP) is 3.83. The average Bonchev–Trinajstić information content (AvgIpc) is 2.56. The molecule has 0 unspecified atom stereocenters. The highest BCUT2D eigenvalue weighted by Crippen LogP contribution is 2.29. The van der Waals surface area contributed by atoms with Gasteiger partial charge in [0.25, 0.3) is 0 Å². The summed E-state index contributed by atoms with van der Waals surface area (Å²) in [5.41, 5.74) is 3.58. The summed E-state index contributed by atoms with van der Waals surface area (Å²) in [4.78, 5) is 14.4. The van der Waals surface area contributed by atoms with E-state index in [0.717, 1.165) is 36.4 Å². The molecule has 3 rings (SSSR count). The lowest BCUT2D eigenvalue weighted by molar-refractivity contribution is -0.144. The van der Waals surface area contributed by atoms with E-state index >= 15 is 0 Å². The number of likely N-dealkylation sites (tertiary alicyclic amines) is 1. The molecule has 0 radical (unpaired) electrons. The van der Waals surface area contributed by atoms with E-state index in [1.165, 1.54) is 5.56 Å². The van der Waals surface area contributed by atoms with Crippen molar-refractivity contribution in [3.8, 4) is 0 Å². The Morgan fingerprint density at radius 3 is 2.24 bits per heavy atom. The fraction of sp³-hybridized carbons (Fsp3) is 0.381. The maximum absolute atomic E-state index is 12.0. The highest BCUT2D eigenvalue weighted by molar-refractivity contribution is 5.83. The summed E-state index contributed by atoms with van der Waals surface area (Å²) >= 11 is 0. The summed E-state index contributed by atoms with van der Waals surface area (Å²) in [5, 5.41) is 13.2. The van der Waals surface area contributed by atoms with Crippen LogP contribution in [-0.2, 0) is 11.3 Å². The van der Waals surface area contributed by atoms with Gasteiger partial charge in [-0.05, 0) is 55.5 Å². The van der Waals surface area contributed by atoms with Crippen molar-refractivity contribution in [2.45, 2.75) is 38.8 Å².